The van der Waals surface area contributed by atoms with Gasteiger partial charge in [0.1, 0.15) is 11.4 Å². The smallest absolute Gasteiger partial charge is 0.119 e. The van der Waals surface area contributed by atoms with Crippen molar-refractivity contribution in [1.82, 2.24) is 0 Å². The van der Waals surface area contributed by atoms with Crippen molar-refractivity contribution < 1.29 is 9.84 Å². The lowest BCUT2D eigenvalue weighted by molar-refractivity contribution is 0.0320. The van der Waals surface area contributed by atoms with Gasteiger partial charge in [-0.1, -0.05) is 30.3 Å². The Morgan fingerprint density at radius 3 is 2.81 bits per heavy atom. The van der Waals surface area contributed by atoms with E-state index < -0.39 is 5.60 Å². The molecule has 0 fully saturated rings. The highest BCUT2D eigenvalue weighted by atomic mass is 16.5. The minimum atomic E-state index is -0.942. The van der Waals surface area contributed by atoms with Crippen LogP contribution in [0.2, 0.25) is 0 Å². The molecule has 0 amide bonds. The average molecular weight is 283 g/mol. The number of methoxy groups -OCH3 is 1. The Labute approximate surface area is 125 Å². The van der Waals surface area contributed by atoms with E-state index in [0.717, 1.165) is 29.8 Å². The highest BCUT2D eigenvalue weighted by Crippen LogP contribution is 2.35. The highest BCUT2D eigenvalue weighted by Gasteiger charge is 2.35. The molecule has 0 radical (unpaired) electrons. The van der Waals surface area contributed by atoms with E-state index in [1.807, 2.05) is 37.3 Å². The lowest BCUT2D eigenvalue weighted by atomic mass is 9.82. The molecule has 0 aliphatic carbocycles. The number of ether oxygens (including phenoxy) is 1. The molecule has 2 aromatic carbocycles. The van der Waals surface area contributed by atoms with Crippen LogP contribution in [0.3, 0.4) is 0 Å². The van der Waals surface area contributed by atoms with Crippen molar-refractivity contribution in [3.63, 3.8) is 0 Å². The van der Waals surface area contributed by atoms with Gasteiger partial charge in [-0.15, -0.1) is 0 Å². The minimum absolute atomic E-state index is 0.0143. The predicted octanol–water partition coefficient (Wildman–Crippen LogP) is 3.33. The van der Waals surface area contributed by atoms with Gasteiger partial charge in [-0.3, -0.25) is 0 Å². The number of benzene rings is 2. The van der Waals surface area contributed by atoms with Gasteiger partial charge in [0.15, 0.2) is 0 Å². The summed E-state index contributed by atoms with van der Waals surface area (Å²) in [5.74, 6) is 0.768. The summed E-state index contributed by atoms with van der Waals surface area (Å²) >= 11 is 0. The first-order valence-electron chi connectivity index (χ1n) is 7.32. The second kappa shape index (κ2) is 5.41. The first kappa shape index (κ1) is 14.0. The first-order valence-corrected chi connectivity index (χ1v) is 7.32. The van der Waals surface area contributed by atoms with Gasteiger partial charge in [0, 0.05) is 5.69 Å². The average Bonchev–Trinajstić information content (AvgIpc) is 2.54. The third kappa shape index (κ3) is 2.61. The van der Waals surface area contributed by atoms with Gasteiger partial charge in [0.2, 0.25) is 0 Å². The standard InChI is InChI=1S/C18H21NO2/c1-18(20,14-7-5-8-15(12-14)21-2)17-11-10-13-6-3-4-9-16(13)19-17/h3-9,12,17,19-20H,10-11H2,1-2H3. The second-order valence-corrected chi connectivity index (χ2v) is 5.77. The van der Waals surface area contributed by atoms with Crippen LogP contribution >= 0.6 is 0 Å². The fraction of sp³-hybridized carbons (Fsp3) is 0.333. The van der Waals surface area contributed by atoms with Gasteiger partial charge in [-0.25, -0.2) is 0 Å². The molecule has 0 saturated heterocycles. The zero-order valence-corrected chi connectivity index (χ0v) is 12.5. The number of hydrogen-bond donors (Lipinski definition) is 2. The quantitative estimate of drug-likeness (QED) is 0.908. The van der Waals surface area contributed by atoms with Crippen LogP contribution in [0.4, 0.5) is 5.69 Å². The molecule has 1 aliphatic heterocycles. The molecule has 0 spiro atoms. The van der Waals surface area contributed by atoms with Gasteiger partial charge in [-0.05, 0) is 49.1 Å². The molecule has 21 heavy (non-hydrogen) atoms. The Kier molecular flexibility index (Phi) is 3.60. The van der Waals surface area contributed by atoms with E-state index in [2.05, 4.69) is 23.5 Å². The third-order valence-electron chi connectivity index (χ3n) is 4.38. The summed E-state index contributed by atoms with van der Waals surface area (Å²) in [6.07, 6.45) is 1.88. The molecule has 0 saturated carbocycles. The van der Waals surface area contributed by atoms with E-state index in [1.54, 1.807) is 7.11 Å². The zero-order valence-electron chi connectivity index (χ0n) is 12.5. The van der Waals surface area contributed by atoms with Crippen molar-refractivity contribution in [2.45, 2.75) is 31.4 Å². The summed E-state index contributed by atoms with van der Waals surface area (Å²) in [6.45, 7) is 1.87. The fourth-order valence-corrected chi connectivity index (χ4v) is 3.00. The number of nitrogens with one attached hydrogen (secondary N) is 1. The summed E-state index contributed by atoms with van der Waals surface area (Å²) in [5.41, 5.74) is 2.37. The SMILES string of the molecule is COc1cccc(C(C)(O)C2CCc3ccccc3N2)c1. The Bertz CT molecular complexity index is 637. The number of hydrogen-bond acceptors (Lipinski definition) is 3. The van der Waals surface area contributed by atoms with E-state index in [-0.39, 0.29) is 6.04 Å². The molecule has 3 nitrogen and oxygen atoms in total. The van der Waals surface area contributed by atoms with Gasteiger partial charge in [0.05, 0.1) is 13.2 Å². The third-order valence-corrected chi connectivity index (χ3v) is 4.38. The number of aryl methyl sites for hydroxylation is 1. The Hall–Kier alpha value is -2.00. The fourth-order valence-electron chi connectivity index (χ4n) is 3.00. The molecule has 3 heteroatoms. The van der Waals surface area contributed by atoms with E-state index in [4.69, 9.17) is 4.74 Å². The molecule has 1 heterocycles. The van der Waals surface area contributed by atoms with Crippen LogP contribution < -0.4 is 10.1 Å². The van der Waals surface area contributed by atoms with Gasteiger partial charge < -0.3 is 15.2 Å². The summed E-state index contributed by atoms with van der Waals surface area (Å²) in [4.78, 5) is 0. The monoisotopic (exact) mass is 283 g/mol. The van der Waals surface area contributed by atoms with Crippen molar-refractivity contribution in [1.29, 1.82) is 0 Å². The van der Waals surface area contributed by atoms with Crippen LogP contribution in [0, 0.1) is 0 Å². The molecular formula is C18H21NO2. The first-order chi connectivity index (χ1) is 10.1. The normalized spacial score (nSPS) is 20.0. The lowest BCUT2D eigenvalue weighted by Gasteiger charge is -2.38. The topological polar surface area (TPSA) is 41.5 Å². The molecule has 3 rings (SSSR count). The molecule has 2 aromatic rings. The second-order valence-electron chi connectivity index (χ2n) is 5.77. The molecular weight excluding hydrogens is 262 g/mol. The Balaban J connectivity index is 1.88. The largest absolute Gasteiger partial charge is 0.497 e. The highest BCUT2D eigenvalue weighted by molar-refractivity contribution is 5.54. The van der Waals surface area contributed by atoms with Crippen molar-refractivity contribution in [3.8, 4) is 5.75 Å². The molecule has 0 bridgehead atoms. The number of rotatable bonds is 3. The van der Waals surface area contributed by atoms with Gasteiger partial charge >= 0.3 is 0 Å². The maximum Gasteiger partial charge on any atom is 0.119 e. The van der Waals surface area contributed by atoms with Crippen LogP contribution in [-0.2, 0) is 12.0 Å². The number of fused-ring (bicyclic) bond motifs is 1. The molecule has 1 aliphatic rings. The van der Waals surface area contributed by atoms with Crippen LogP contribution in [0.15, 0.2) is 48.5 Å². The van der Waals surface area contributed by atoms with E-state index in [1.165, 1.54) is 5.56 Å². The van der Waals surface area contributed by atoms with Gasteiger partial charge in [-0.2, -0.15) is 0 Å². The van der Waals surface area contributed by atoms with Crippen LogP contribution in [0.25, 0.3) is 0 Å². The van der Waals surface area contributed by atoms with Gasteiger partial charge in [0.25, 0.3) is 0 Å². The molecule has 2 atom stereocenters. The molecule has 110 valence electrons. The van der Waals surface area contributed by atoms with Crippen LogP contribution in [0.5, 0.6) is 5.75 Å². The number of aliphatic hydroxyl groups is 1. The summed E-state index contributed by atoms with van der Waals surface area (Å²) < 4.78 is 5.26. The number of para-hydroxylation sites is 1. The van der Waals surface area contributed by atoms with Crippen molar-refractivity contribution in [3.05, 3.63) is 59.7 Å². The van der Waals surface area contributed by atoms with Crippen LogP contribution in [0.1, 0.15) is 24.5 Å². The van der Waals surface area contributed by atoms with E-state index >= 15 is 0 Å². The predicted molar refractivity (Wildman–Crippen MR) is 84.7 cm³/mol. The molecule has 2 N–H and O–H groups in total. The number of anilines is 1. The van der Waals surface area contributed by atoms with E-state index in [9.17, 15) is 5.11 Å². The van der Waals surface area contributed by atoms with Crippen molar-refractivity contribution >= 4 is 5.69 Å². The summed E-state index contributed by atoms with van der Waals surface area (Å²) in [6, 6.07) is 15.9. The van der Waals surface area contributed by atoms with Crippen molar-refractivity contribution in [2.75, 3.05) is 12.4 Å². The zero-order chi connectivity index (χ0) is 14.9. The summed E-state index contributed by atoms with van der Waals surface area (Å²) in [5, 5.41) is 14.5. The Morgan fingerprint density at radius 1 is 1.19 bits per heavy atom. The molecule has 2 unspecified atom stereocenters. The maximum absolute atomic E-state index is 11.0. The minimum Gasteiger partial charge on any atom is -0.497 e. The Morgan fingerprint density at radius 2 is 2.00 bits per heavy atom. The summed E-state index contributed by atoms with van der Waals surface area (Å²) in [7, 11) is 1.64. The van der Waals surface area contributed by atoms with Crippen molar-refractivity contribution in [2.24, 2.45) is 0 Å². The maximum atomic E-state index is 11.0. The van der Waals surface area contributed by atoms with E-state index in [0.29, 0.717) is 0 Å². The van der Waals surface area contributed by atoms with Crippen LogP contribution in [-0.4, -0.2) is 18.3 Å². The lowest BCUT2D eigenvalue weighted by Crippen LogP contribution is -2.44. The molecule has 0 aromatic heterocycles.